The minimum Gasteiger partial charge on any atom is -0.397 e. The third kappa shape index (κ3) is 4.40. The van der Waals surface area contributed by atoms with Crippen molar-refractivity contribution >= 4 is 39.7 Å². The maximum Gasteiger partial charge on any atom is 0.270 e. The summed E-state index contributed by atoms with van der Waals surface area (Å²) in [5.41, 5.74) is 8.90. The molecule has 4 N–H and O–H groups in total. The first-order valence-electron chi connectivity index (χ1n) is 9.39. The Morgan fingerprint density at radius 1 is 1.03 bits per heavy atom. The van der Waals surface area contributed by atoms with Gasteiger partial charge in [-0.15, -0.1) is 0 Å². The second-order valence-corrected chi connectivity index (χ2v) is 6.77. The smallest absolute Gasteiger partial charge is 0.270 e. The average molecular weight is 414 g/mol. The monoisotopic (exact) mass is 414 g/mol. The number of nitro groups is 1. The molecule has 9 nitrogen and oxygen atoms in total. The van der Waals surface area contributed by atoms with Gasteiger partial charge < -0.3 is 16.4 Å². The molecule has 0 fully saturated rings. The molecule has 1 heterocycles. The Labute approximate surface area is 177 Å². The van der Waals surface area contributed by atoms with E-state index >= 15 is 0 Å². The van der Waals surface area contributed by atoms with Gasteiger partial charge in [-0.1, -0.05) is 24.3 Å². The predicted molar refractivity (Wildman–Crippen MR) is 119 cm³/mol. The van der Waals surface area contributed by atoms with E-state index in [9.17, 15) is 14.9 Å². The minimum atomic E-state index is -0.455. The molecule has 0 atom stereocenters. The summed E-state index contributed by atoms with van der Waals surface area (Å²) in [6.07, 6.45) is 1.40. The Morgan fingerprint density at radius 2 is 1.81 bits per heavy atom. The van der Waals surface area contributed by atoms with Gasteiger partial charge in [0.15, 0.2) is 0 Å². The molecule has 1 amide bonds. The number of amides is 1. The van der Waals surface area contributed by atoms with Crippen molar-refractivity contribution < 1.29 is 9.72 Å². The Bertz CT molecular complexity index is 1270. The summed E-state index contributed by atoms with van der Waals surface area (Å²) in [5.74, 6) is 0.238. The number of hydrogen-bond donors (Lipinski definition) is 3. The van der Waals surface area contributed by atoms with Crippen LogP contribution in [0.2, 0.25) is 0 Å². The van der Waals surface area contributed by atoms with E-state index in [1.54, 1.807) is 42.5 Å². The van der Waals surface area contributed by atoms with Gasteiger partial charge in [0.25, 0.3) is 11.6 Å². The number of non-ortho nitro benzene ring substituents is 1. The molecule has 154 valence electrons. The third-order valence-electron chi connectivity index (χ3n) is 4.71. The number of nitrogens with zero attached hydrogens (tertiary/aromatic N) is 3. The summed E-state index contributed by atoms with van der Waals surface area (Å²) in [5, 5.41) is 17.6. The van der Waals surface area contributed by atoms with Gasteiger partial charge in [0, 0.05) is 29.6 Å². The van der Waals surface area contributed by atoms with Crippen molar-refractivity contribution in [2.45, 2.75) is 6.54 Å². The lowest BCUT2D eigenvalue weighted by molar-refractivity contribution is -0.384. The van der Waals surface area contributed by atoms with E-state index in [0.29, 0.717) is 40.2 Å². The van der Waals surface area contributed by atoms with Gasteiger partial charge in [0.2, 0.25) is 0 Å². The summed E-state index contributed by atoms with van der Waals surface area (Å²) < 4.78 is 0. The maximum atomic E-state index is 12.4. The molecular weight excluding hydrogens is 396 g/mol. The van der Waals surface area contributed by atoms with Crippen LogP contribution < -0.4 is 16.4 Å². The molecule has 0 spiro atoms. The molecule has 1 aromatic heterocycles. The van der Waals surface area contributed by atoms with Crippen LogP contribution in [0.1, 0.15) is 15.9 Å². The number of nitro benzene ring substituents is 1. The van der Waals surface area contributed by atoms with Crippen molar-refractivity contribution in [2.75, 3.05) is 16.4 Å². The van der Waals surface area contributed by atoms with Crippen LogP contribution in [0.25, 0.3) is 10.9 Å². The lowest BCUT2D eigenvalue weighted by atomic mass is 10.1. The average Bonchev–Trinajstić information content (AvgIpc) is 2.79. The van der Waals surface area contributed by atoms with Gasteiger partial charge in [-0.3, -0.25) is 14.9 Å². The fraction of sp³-hybridized carbons (Fsp3) is 0.0455. The molecule has 0 unspecified atom stereocenters. The van der Waals surface area contributed by atoms with E-state index < -0.39 is 4.92 Å². The fourth-order valence-corrected chi connectivity index (χ4v) is 3.06. The quantitative estimate of drug-likeness (QED) is 0.246. The molecule has 0 saturated carbocycles. The molecule has 4 rings (SSSR count). The normalized spacial score (nSPS) is 10.6. The maximum absolute atomic E-state index is 12.4. The zero-order valence-electron chi connectivity index (χ0n) is 16.3. The zero-order chi connectivity index (χ0) is 21.8. The van der Waals surface area contributed by atoms with Crippen LogP contribution in [0.4, 0.5) is 22.9 Å². The molecule has 0 aliphatic rings. The Balaban J connectivity index is 1.46. The first-order valence-corrected chi connectivity index (χ1v) is 9.39. The fourth-order valence-electron chi connectivity index (χ4n) is 3.06. The number of carbonyl (C=O) groups excluding carboxylic acids is 1. The summed E-state index contributed by atoms with van der Waals surface area (Å²) >= 11 is 0. The van der Waals surface area contributed by atoms with Crippen LogP contribution in [0.15, 0.2) is 73.1 Å². The highest BCUT2D eigenvalue weighted by molar-refractivity contribution is 6.05. The Kier molecular flexibility index (Phi) is 5.39. The van der Waals surface area contributed by atoms with E-state index in [0.717, 1.165) is 5.56 Å². The van der Waals surface area contributed by atoms with E-state index in [-0.39, 0.29) is 11.6 Å². The van der Waals surface area contributed by atoms with Crippen LogP contribution in [0, 0.1) is 10.1 Å². The molecule has 3 aromatic carbocycles. The van der Waals surface area contributed by atoms with Crippen LogP contribution in [-0.4, -0.2) is 20.8 Å². The van der Waals surface area contributed by atoms with E-state index in [2.05, 4.69) is 20.6 Å². The van der Waals surface area contributed by atoms with Gasteiger partial charge in [-0.05, 0) is 35.9 Å². The van der Waals surface area contributed by atoms with Crippen molar-refractivity contribution in [2.24, 2.45) is 0 Å². The van der Waals surface area contributed by atoms with Gasteiger partial charge in [-0.2, -0.15) is 0 Å². The van der Waals surface area contributed by atoms with Gasteiger partial charge in [-0.25, -0.2) is 9.97 Å². The number of hydrogen-bond acceptors (Lipinski definition) is 7. The zero-order valence-corrected chi connectivity index (χ0v) is 16.3. The topological polar surface area (TPSA) is 136 Å². The van der Waals surface area contributed by atoms with Crippen molar-refractivity contribution in [3.05, 3.63) is 94.3 Å². The molecule has 0 bridgehead atoms. The molecule has 4 aromatic rings. The summed E-state index contributed by atoms with van der Waals surface area (Å²) in [6, 6.07) is 18.6. The molecule has 0 radical (unpaired) electrons. The molecule has 0 aliphatic heterocycles. The number of carbonyl (C=O) groups is 1. The SMILES string of the molecule is Nc1ccccc1NC(=O)c1ccc(CNc2ncnc3ccc([N+](=O)[O-])cc23)cc1. The number of aromatic nitrogens is 2. The van der Waals surface area contributed by atoms with Gasteiger partial charge in [0.1, 0.15) is 12.1 Å². The highest BCUT2D eigenvalue weighted by atomic mass is 16.6. The largest absolute Gasteiger partial charge is 0.397 e. The molecule has 31 heavy (non-hydrogen) atoms. The first kappa shape index (κ1) is 19.8. The first-order chi connectivity index (χ1) is 15.0. The minimum absolute atomic E-state index is 0.0280. The van der Waals surface area contributed by atoms with Crippen molar-refractivity contribution in [3.63, 3.8) is 0 Å². The molecule has 0 aliphatic carbocycles. The predicted octanol–water partition coefficient (Wildman–Crippen LogP) is 3.98. The van der Waals surface area contributed by atoms with Crippen LogP contribution >= 0.6 is 0 Å². The van der Waals surface area contributed by atoms with Crippen molar-refractivity contribution in [1.82, 2.24) is 9.97 Å². The Morgan fingerprint density at radius 3 is 2.55 bits per heavy atom. The van der Waals surface area contributed by atoms with Crippen molar-refractivity contribution in [1.29, 1.82) is 0 Å². The van der Waals surface area contributed by atoms with Crippen LogP contribution in [0.5, 0.6) is 0 Å². The second kappa shape index (κ2) is 8.46. The number of nitrogens with two attached hydrogens (primary N) is 1. The van der Waals surface area contributed by atoms with Crippen LogP contribution in [0.3, 0.4) is 0 Å². The number of nitrogens with one attached hydrogen (secondary N) is 2. The highest BCUT2D eigenvalue weighted by Crippen LogP contribution is 2.24. The van der Waals surface area contributed by atoms with E-state index in [4.69, 9.17) is 5.73 Å². The summed E-state index contributed by atoms with van der Waals surface area (Å²) in [7, 11) is 0. The van der Waals surface area contributed by atoms with Gasteiger partial charge in [0.05, 0.1) is 21.8 Å². The number of para-hydroxylation sites is 2. The van der Waals surface area contributed by atoms with Crippen LogP contribution in [-0.2, 0) is 6.54 Å². The molecule has 0 saturated heterocycles. The standard InChI is InChI=1S/C22H18N6O3/c23-18-3-1-2-4-20(18)27-22(29)15-7-5-14(6-8-15)12-24-21-17-11-16(28(30)31)9-10-19(17)25-13-26-21/h1-11,13H,12,23H2,(H,27,29)(H,24,25,26). The lowest BCUT2D eigenvalue weighted by Crippen LogP contribution is -2.13. The van der Waals surface area contributed by atoms with Gasteiger partial charge >= 0.3 is 0 Å². The number of nitrogen functional groups attached to an aromatic ring is 1. The Hall–Kier alpha value is -4.53. The second-order valence-electron chi connectivity index (χ2n) is 6.77. The van der Waals surface area contributed by atoms with E-state index in [1.165, 1.54) is 18.5 Å². The van der Waals surface area contributed by atoms with E-state index in [1.807, 2.05) is 12.1 Å². The van der Waals surface area contributed by atoms with Crippen molar-refractivity contribution in [3.8, 4) is 0 Å². The number of rotatable bonds is 6. The lowest BCUT2D eigenvalue weighted by Gasteiger charge is -2.10. The number of fused-ring (bicyclic) bond motifs is 1. The highest BCUT2D eigenvalue weighted by Gasteiger charge is 2.11. The summed E-state index contributed by atoms with van der Waals surface area (Å²) in [4.78, 5) is 31.4. The summed E-state index contributed by atoms with van der Waals surface area (Å²) in [6.45, 7) is 0.419. The number of anilines is 3. The molecule has 9 heteroatoms. The number of benzene rings is 3. The third-order valence-corrected chi connectivity index (χ3v) is 4.71. The molecular formula is C22H18N6O3.